The van der Waals surface area contributed by atoms with E-state index in [4.69, 9.17) is 5.11 Å². The Kier molecular flexibility index (Phi) is 5.75. The molecule has 3 N–H and O–H groups in total. The fraction of sp³-hybridized carbons (Fsp3) is 0.267. The van der Waals surface area contributed by atoms with Gasteiger partial charge in [0, 0.05) is 18.3 Å². The largest absolute Gasteiger partial charge is 0.476 e. The van der Waals surface area contributed by atoms with Gasteiger partial charge in [0.2, 0.25) is 10.0 Å². The molecule has 0 aliphatic rings. The highest BCUT2D eigenvalue weighted by Gasteiger charge is 2.15. The van der Waals surface area contributed by atoms with Crippen LogP contribution in [0, 0.1) is 6.92 Å². The second-order valence-electron chi connectivity index (χ2n) is 5.36. The molecule has 0 spiro atoms. The number of hydrogen-bond acceptors (Lipinski definition) is 6. The van der Waals surface area contributed by atoms with Crippen LogP contribution in [-0.4, -0.2) is 43.2 Å². The molecule has 0 aliphatic heterocycles. The smallest absolute Gasteiger partial charge is 0.355 e. The van der Waals surface area contributed by atoms with Gasteiger partial charge in [0.1, 0.15) is 0 Å². The fourth-order valence-electron chi connectivity index (χ4n) is 2.04. The van der Waals surface area contributed by atoms with Crippen LogP contribution < -0.4 is 10.0 Å². The van der Waals surface area contributed by atoms with Crippen molar-refractivity contribution in [3.63, 3.8) is 0 Å². The molecule has 0 fully saturated rings. The van der Waals surface area contributed by atoms with Crippen LogP contribution in [0.1, 0.15) is 31.4 Å². The van der Waals surface area contributed by atoms with E-state index in [0.29, 0.717) is 11.4 Å². The van der Waals surface area contributed by atoms with Gasteiger partial charge in [0.15, 0.2) is 5.69 Å². The normalized spacial score (nSPS) is 11.1. The van der Waals surface area contributed by atoms with Crippen molar-refractivity contribution in [2.75, 3.05) is 17.5 Å². The predicted octanol–water partition coefficient (Wildman–Crippen LogP) is 1.49. The molecule has 0 atom stereocenters. The van der Waals surface area contributed by atoms with Gasteiger partial charge >= 0.3 is 5.97 Å². The van der Waals surface area contributed by atoms with E-state index in [0.717, 1.165) is 11.8 Å². The SMILES string of the molecule is Cc1ccc(NS(C)(=O)=O)c(C(=O)NCCc2nc(C(=O)O)cs2)c1. The summed E-state index contributed by atoms with van der Waals surface area (Å²) in [5.74, 6) is -1.52. The maximum absolute atomic E-state index is 12.4. The molecule has 10 heteroatoms. The van der Waals surface area contributed by atoms with Gasteiger partial charge in [-0.3, -0.25) is 9.52 Å². The van der Waals surface area contributed by atoms with Crippen LogP contribution in [0.2, 0.25) is 0 Å². The molecule has 0 radical (unpaired) electrons. The average molecular weight is 383 g/mol. The summed E-state index contributed by atoms with van der Waals surface area (Å²) in [7, 11) is -3.51. The number of benzene rings is 1. The minimum atomic E-state index is -3.51. The van der Waals surface area contributed by atoms with Gasteiger partial charge in [-0.05, 0) is 19.1 Å². The topological polar surface area (TPSA) is 125 Å². The average Bonchev–Trinajstić information content (AvgIpc) is 2.96. The minimum Gasteiger partial charge on any atom is -0.476 e. The number of carboxylic acids is 1. The number of amides is 1. The number of anilines is 1. The van der Waals surface area contributed by atoms with Gasteiger partial charge < -0.3 is 10.4 Å². The molecule has 0 bridgehead atoms. The number of rotatable bonds is 7. The summed E-state index contributed by atoms with van der Waals surface area (Å²) < 4.78 is 25.2. The number of carboxylic acid groups (broad SMARTS) is 1. The molecular formula is C15H17N3O5S2. The second-order valence-corrected chi connectivity index (χ2v) is 8.05. The van der Waals surface area contributed by atoms with Crippen molar-refractivity contribution in [2.45, 2.75) is 13.3 Å². The summed E-state index contributed by atoms with van der Waals surface area (Å²) in [5.41, 5.74) is 1.21. The first-order valence-electron chi connectivity index (χ1n) is 7.20. The van der Waals surface area contributed by atoms with Gasteiger partial charge in [-0.25, -0.2) is 18.2 Å². The lowest BCUT2D eigenvalue weighted by Crippen LogP contribution is -2.27. The molecule has 1 aromatic heterocycles. The van der Waals surface area contributed by atoms with Crippen molar-refractivity contribution in [1.82, 2.24) is 10.3 Å². The highest BCUT2D eigenvalue weighted by Crippen LogP contribution is 2.18. The molecule has 0 unspecified atom stereocenters. The lowest BCUT2D eigenvalue weighted by molar-refractivity contribution is 0.0690. The van der Waals surface area contributed by atoms with E-state index >= 15 is 0 Å². The van der Waals surface area contributed by atoms with Crippen molar-refractivity contribution < 1.29 is 23.1 Å². The van der Waals surface area contributed by atoms with Crippen molar-refractivity contribution in [1.29, 1.82) is 0 Å². The predicted molar refractivity (Wildman–Crippen MR) is 94.8 cm³/mol. The lowest BCUT2D eigenvalue weighted by atomic mass is 10.1. The van der Waals surface area contributed by atoms with Crippen molar-refractivity contribution >= 4 is 38.9 Å². The third-order valence-electron chi connectivity index (χ3n) is 3.11. The zero-order valence-corrected chi connectivity index (χ0v) is 15.2. The molecule has 1 aromatic carbocycles. The van der Waals surface area contributed by atoms with Gasteiger partial charge in [-0.1, -0.05) is 11.6 Å². The summed E-state index contributed by atoms with van der Waals surface area (Å²) in [5, 5.41) is 13.5. The quantitative estimate of drug-likeness (QED) is 0.665. The number of sulfonamides is 1. The van der Waals surface area contributed by atoms with E-state index in [1.54, 1.807) is 19.1 Å². The molecule has 0 saturated carbocycles. The molecule has 1 heterocycles. The summed E-state index contributed by atoms with van der Waals surface area (Å²) in [6.07, 6.45) is 1.39. The Hall–Kier alpha value is -2.46. The standard InChI is InChI=1S/C15H17N3O5S2/c1-9-3-4-11(18-25(2,22)23)10(7-9)14(19)16-6-5-13-17-12(8-24-13)15(20)21/h3-4,7-8,18H,5-6H2,1-2H3,(H,16,19)(H,20,21). The van der Waals surface area contributed by atoms with E-state index in [2.05, 4.69) is 15.0 Å². The van der Waals surface area contributed by atoms with Gasteiger partial charge in [0.05, 0.1) is 22.5 Å². The number of aromatic nitrogens is 1. The first kappa shape index (κ1) is 18.9. The summed E-state index contributed by atoms with van der Waals surface area (Å²) in [6.45, 7) is 2.04. The number of aromatic carboxylic acids is 1. The van der Waals surface area contributed by atoms with Crippen LogP contribution in [0.25, 0.3) is 0 Å². The maximum Gasteiger partial charge on any atom is 0.355 e. The summed E-state index contributed by atoms with van der Waals surface area (Å²) in [6, 6.07) is 4.83. The zero-order valence-electron chi connectivity index (χ0n) is 13.6. The number of aryl methyl sites for hydroxylation is 1. The van der Waals surface area contributed by atoms with E-state index < -0.39 is 21.9 Å². The minimum absolute atomic E-state index is 0.0235. The Balaban J connectivity index is 2.04. The van der Waals surface area contributed by atoms with Crippen LogP contribution in [0.5, 0.6) is 0 Å². The first-order valence-corrected chi connectivity index (χ1v) is 9.97. The summed E-state index contributed by atoms with van der Waals surface area (Å²) in [4.78, 5) is 27.1. The first-order chi connectivity index (χ1) is 11.7. The van der Waals surface area contributed by atoms with E-state index in [1.165, 1.54) is 22.8 Å². The summed E-state index contributed by atoms with van der Waals surface area (Å²) >= 11 is 1.20. The molecular weight excluding hydrogens is 366 g/mol. The zero-order chi connectivity index (χ0) is 18.6. The van der Waals surface area contributed by atoms with Crippen LogP contribution in [0.3, 0.4) is 0 Å². The van der Waals surface area contributed by atoms with Crippen molar-refractivity contribution in [2.24, 2.45) is 0 Å². The number of carbonyl (C=O) groups is 2. The highest BCUT2D eigenvalue weighted by molar-refractivity contribution is 7.92. The molecule has 0 saturated heterocycles. The third-order valence-corrected chi connectivity index (χ3v) is 4.61. The number of hydrogen-bond donors (Lipinski definition) is 3. The maximum atomic E-state index is 12.4. The molecule has 25 heavy (non-hydrogen) atoms. The molecule has 2 aromatic rings. The Morgan fingerprint density at radius 2 is 2.04 bits per heavy atom. The number of nitrogens with zero attached hydrogens (tertiary/aromatic N) is 1. The lowest BCUT2D eigenvalue weighted by Gasteiger charge is -2.11. The Morgan fingerprint density at radius 3 is 2.64 bits per heavy atom. The van der Waals surface area contributed by atoms with E-state index in [9.17, 15) is 18.0 Å². The van der Waals surface area contributed by atoms with E-state index in [1.807, 2.05) is 0 Å². The molecule has 1 amide bonds. The van der Waals surface area contributed by atoms with Crippen molar-refractivity contribution in [3.8, 4) is 0 Å². The third kappa shape index (κ3) is 5.54. The Morgan fingerprint density at radius 1 is 1.32 bits per heavy atom. The van der Waals surface area contributed by atoms with Crippen LogP contribution >= 0.6 is 11.3 Å². The van der Waals surface area contributed by atoms with Crippen LogP contribution in [0.15, 0.2) is 23.6 Å². The molecule has 8 nitrogen and oxygen atoms in total. The molecule has 0 aliphatic carbocycles. The number of nitrogens with one attached hydrogen (secondary N) is 2. The monoisotopic (exact) mass is 383 g/mol. The van der Waals surface area contributed by atoms with Crippen molar-refractivity contribution in [3.05, 3.63) is 45.4 Å². The Bertz CT molecular complexity index is 906. The number of carbonyl (C=O) groups excluding carboxylic acids is 1. The van der Waals surface area contributed by atoms with Gasteiger partial charge in [-0.2, -0.15) is 0 Å². The highest BCUT2D eigenvalue weighted by atomic mass is 32.2. The number of thiazole rings is 1. The van der Waals surface area contributed by atoms with Gasteiger partial charge in [0.25, 0.3) is 5.91 Å². The Labute approximate surface area is 149 Å². The molecule has 2 rings (SSSR count). The second kappa shape index (κ2) is 7.62. The van der Waals surface area contributed by atoms with Crippen LogP contribution in [0.4, 0.5) is 5.69 Å². The fourth-order valence-corrected chi connectivity index (χ4v) is 3.39. The van der Waals surface area contributed by atoms with Gasteiger partial charge in [-0.15, -0.1) is 11.3 Å². The molecule has 134 valence electrons. The van der Waals surface area contributed by atoms with E-state index in [-0.39, 0.29) is 23.5 Å². The van der Waals surface area contributed by atoms with Crippen LogP contribution in [-0.2, 0) is 16.4 Å².